The summed E-state index contributed by atoms with van der Waals surface area (Å²) in [5.41, 5.74) is 8.50. The van der Waals surface area contributed by atoms with Crippen molar-refractivity contribution >= 4 is 44.4 Å². The van der Waals surface area contributed by atoms with Crippen molar-refractivity contribution in [1.29, 1.82) is 0 Å². The molecule has 3 heterocycles. The van der Waals surface area contributed by atoms with Crippen LogP contribution in [0.25, 0.3) is 22.2 Å². The molecule has 0 radical (unpaired) electrons. The molecule has 1 aliphatic rings. The maximum Gasteiger partial charge on any atom is 0.238 e. The molecule has 3 aromatic rings. The first-order valence-corrected chi connectivity index (χ1v) is 12.7. The average Bonchev–Trinajstić information content (AvgIpc) is 3.20. The lowest BCUT2D eigenvalue weighted by Gasteiger charge is -2.23. The lowest BCUT2D eigenvalue weighted by atomic mass is 10.00. The van der Waals surface area contributed by atoms with Crippen molar-refractivity contribution in [3.63, 3.8) is 0 Å². The summed E-state index contributed by atoms with van der Waals surface area (Å²) in [4.78, 5) is 20.2. The van der Waals surface area contributed by atoms with E-state index in [1.807, 2.05) is 24.5 Å². The third kappa shape index (κ3) is 5.13. The molecular formula is C22H26ClN5O4S. The molecule has 0 unspecified atom stereocenters. The van der Waals surface area contributed by atoms with Crippen LogP contribution in [-0.2, 0) is 26.1 Å². The van der Waals surface area contributed by atoms with Crippen molar-refractivity contribution in [3.05, 3.63) is 41.8 Å². The fourth-order valence-corrected chi connectivity index (χ4v) is 5.21. The predicted octanol–water partition coefficient (Wildman–Crippen LogP) is 2.82. The van der Waals surface area contributed by atoms with Crippen LogP contribution in [0.1, 0.15) is 19.8 Å². The Labute approximate surface area is 197 Å². The molecule has 0 spiro atoms. The van der Waals surface area contributed by atoms with E-state index in [-0.39, 0.29) is 11.6 Å². The Balaban J connectivity index is 1.73. The number of fused-ring (bicyclic) bond motifs is 1. The Morgan fingerprint density at radius 1 is 1.27 bits per heavy atom. The van der Waals surface area contributed by atoms with Crippen LogP contribution in [0.5, 0.6) is 0 Å². The monoisotopic (exact) mass is 491 g/mol. The normalized spacial score (nSPS) is 15.1. The fourth-order valence-electron chi connectivity index (χ4n) is 3.98. The Morgan fingerprint density at radius 2 is 2.03 bits per heavy atom. The summed E-state index contributed by atoms with van der Waals surface area (Å²) in [5.74, 6) is -0.357. The second-order valence-corrected chi connectivity index (χ2v) is 10.6. The largest absolute Gasteiger partial charge is 0.381 e. The maximum absolute atomic E-state index is 12.6. The molecule has 1 saturated heterocycles. The van der Waals surface area contributed by atoms with Gasteiger partial charge in [-0.05, 0) is 49.4 Å². The fraction of sp³-hybridized carbons (Fsp3) is 0.409. The number of imidazole rings is 1. The van der Waals surface area contributed by atoms with E-state index in [0.29, 0.717) is 16.5 Å². The number of amides is 1. The Morgan fingerprint density at radius 3 is 2.73 bits per heavy atom. The van der Waals surface area contributed by atoms with Crippen molar-refractivity contribution in [2.24, 2.45) is 11.7 Å². The second-order valence-electron chi connectivity index (χ2n) is 8.05. The van der Waals surface area contributed by atoms with E-state index in [0.717, 1.165) is 53.5 Å². The highest BCUT2D eigenvalue weighted by atomic mass is 35.5. The molecule has 4 rings (SSSR count). The van der Waals surface area contributed by atoms with E-state index in [1.54, 1.807) is 6.07 Å². The first-order chi connectivity index (χ1) is 15.8. The summed E-state index contributed by atoms with van der Waals surface area (Å²) in [6.07, 6.45) is 5.25. The van der Waals surface area contributed by atoms with Gasteiger partial charge < -0.3 is 15.0 Å². The number of nitrogens with two attached hydrogens (primary N) is 1. The van der Waals surface area contributed by atoms with Crippen LogP contribution in [0, 0.1) is 5.92 Å². The van der Waals surface area contributed by atoms with Gasteiger partial charge >= 0.3 is 0 Å². The summed E-state index contributed by atoms with van der Waals surface area (Å²) in [5, 5.41) is 0.363. The smallest absolute Gasteiger partial charge is 0.238 e. The highest BCUT2D eigenvalue weighted by molar-refractivity contribution is 7.92. The number of rotatable bonds is 8. The third-order valence-corrected chi connectivity index (χ3v) is 7.84. The van der Waals surface area contributed by atoms with E-state index in [9.17, 15) is 13.2 Å². The molecule has 33 heavy (non-hydrogen) atoms. The molecule has 0 saturated carbocycles. The van der Waals surface area contributed by atoms with Gasteiger partial charge in [-0.2, -0.15) is 0 Å². The SMILES string of the molecule is CCS(=O)(=O)N(CC(N)=O)c1cc(-c2ccc3ncn(CC4CCOCC4)c3c2)c(Cl)cn1. The van der Waals surface area contributed by atoms with Gasteiger partial charge in [0.2, 0.25) is 15.9 Å². The zero-order chi connectivity index (χ0) is 23.6. The van der Waals surface area contributed by atoms with Gasteiger partial charge in [-0.25, -0.2) is 22.7 Å². The van der Waals surface area contributed by atoms with Gasteiger partial charge in [0.25, 0.3) is 0 Å². The minimum atomic E-state index is -3.77. The van der Waals surface area contributed by atoms with Crippen molar-refractivity contribution in [2.45, 2.75) is 26.3 Å². The lowest BCUT2D eigenvalue weighted by molar-refractivity contribution is -0.116. The molecule has 0 aliphatic carbocycles. The number of anilines is 1. The van der Waals surface area contributed by atoms with Crippen molar-refractivity contribution in [1.82, 2.24) is 14.5 Å². The van der Waals surface area contributed by atoms with Crippen LogP contribution in [0.4, 0.5) is 5.82 Å². The minimum absolute atomic E-state index is 0.0888. The van der Waals surface area contributed by atoms with Gasteiger partial charge in [0, 0.05) is 31.5 Å². The number of hydrogen-bond donors (Lipinski definition) is 1. The van der Waals surface area contributed by atoms with Crippen LogP contribution in [-0.4, -0.2) is 54.4 Å². The molecule has 176 valence electrons. The zero-order valence-electron chi connectivity index (χ0n) is 18.3. The van der Waals surface area contributed by atoms with E-state index in [1.165, 1.54) is 13.1 Å². The van der Waals surface area contributed by atoms with Crippen LogP contribution < -0.4 is 10.0 Å². The van der Waals surface area contributed by atoms with E-state index >= 15 is 0 Å². The third-order valence-electron chi connectivity index (χ3n) is 5.82. The van der Waals surface area contributed by atoms with Crippen LogP contribution in [0.15, 0.2) is 36.8 Å². The number of carbonyl (C=O) groups is 1. The number of nitrogens with zero attached hydrogens (tertiary/aromatic N) is 4. The zero-order valence-corrected chi connectivity index (χ0v) is 19.8. The summed E-state index contributed by atoms with van der Waals surface area (Å²) in [6.45, 7) is 3.40. The van der Waals surface area contributed by atoms with Crippen molar-refractivity contribution in [2.75, 3.05) is 29.8 Å². The molecule has 11 heteroatoms. The number of hydrogen-bond acceptors (Lipinski definition) is 6. The molecule has 2 N–H and O–H groups in total. The number of carbonyl (C=O) groups excluding carboxylic acids is 1. The Kier molecular flexibility index (Phi) is 6.87. The molecule has 1 aromatic carbocycles. The number of ether oxygens (including phenoxy) is 1. The van der Waals surface area contributed by atoms with Gasteiger partial charge in [0.1, 0.15) is 12.4 Å². The van der Waals surface area contributed by atoms with E-state index < -0.39 is 22.5 Å². The van der Waals surface area contributed by atoms with Crippen LogP contribution in [0.2, 0.25) is 5.02 Å². The van der Waals surface area contributed by atoms with Crippen LogP contribution in [0.3, 0.4) is 0 Å². The summed E-state index contributed by atoms with van der Waals surface area (Å²) < 4.78 is 33.6. The molecule has 2 aromatic heterocycles. The number of halogens is 1. The summed E-state index contributed by atoms with van der Waals surface area (Å²) in [6, 6.07) is 7.34. The Hall–Kier alpha value is -2.69. The van der Waals surface area contributed by atoms with E-state index in [2.05, 4.69) is 14.5 Å². The lowest BCUT2D eigenvalue weighted by Crippen LogP contribution is -2.39. The number of sulfonamides is 1. The van der Waals surface area contributed by atoms with Gasteiger partial charge in [0.15, 0.2) is 0 Å². The first-order valence-electron chi connectivity index (χ1n) is 10.8. The highest BCUT2D eigenvalue weighted by Crippen LogP contribution is 2.33. The van der Waals surface area contributed by atoms with Gasteiger partial charge in [-0.15, -0.1) is 0 Å². The van der Waals surface area contributed by atoms with Gasteiger partial charge in [-0.1, -0.05) is 17.7 Å². The van der Waals surface area contributed by atoms with Crippen LogP contribution >= 0.6 is 11.6 Å². The highest BCUT2D eigenvalue weighted by Gasteiger charge is 2.25. The maximum atomic E-state index is 12.6. The molecule has 1 fully saturated rings. The minimum Gasteiger partial charge on any atom is -0.381 e. The van der Waals surface area contributed by atoms with Crippen molar-refractivity contribution in [3.8, 4) is 11.1 Å². The summed E-state index contributed by atoms with van der Waals surface area (Å²) in [7, 11) is -3.77. The van der Waals surface area contributed by atoms with E-state index in [4.69, 9.17) is 22.1 Å². The summed E-state index contributed by atoms with van der Waals surface area (Å²) >= 11 is 6.45. The Bertz CT molecular complexity index is 1270. The quantitative estimate of drug-likeness (QED) is 0.517. The number of pyridine rings is 1. The van der Waals surface area contributed by atoms with Crippen molar-refractivity contribution < 1.29 is 17.9 Å². The predicted molar refractivity (Wildman–Crippen MR) is 128 cm³/mol. The second kappa shape index (κ2) is 9.66. The van der Waals surface area contributed by atoms with Gasteiger partial charge in [-0.3, -0.25) is 4.79 Å². The number of primary amides is 1. The average molecular weight is 492 g/mol. The standard InChI is InChI=1S/C22H26ClN5O4S/c1-2-33(30,31)28(13-21(24)29)22-10-17(18(23)11-25-22)16-3-4-19-20(9-16)27(14-26-19)12-15-5-7-32-8-6-15/h3-4,9-11,14-15H,2,5-8,12-13H2,1H3,(H2,24,29). The molecule has 0 atom stereocenters. The number of aromatic nitrogens is 3. The molecular weight excluding hydrogens is 466 g/mol. The van der Waals surface area contributed by atoms with Gasteiger partial charge in [0.05, 0.1) is 28.1 Å². The molecule has 1 aliphatic heterocycles. The molecule has 0 bridgehead atoms. The first kappa shape index (κ1) is 23.5. The molecule has 1 amide bonds. The topological polar surface area (TPSA) is 120 Å². The molecule has 9 nitrogen and oxygen atoms in total. The number of benzene rings is 1.